The molecule has 1 fully saturated rings. The summed E-state index contributed by atoms with van der Waals surface area (Å²) in [5, 5.41) is 13.0. The number of nitrogens with one attached hydrogen (secondary N) is 1. The summed E-state index contributed by atoms with van der Waals surface area (Å²) >= 11 is 0. The van der Waals surface area contributed by atoms with E-state index in [4.69, 9.17) is 4.74 Å². The van der Waals surface area contributed by atoms with Crippen molar-refractivity contribution >= 4 is 0 Å². The molecule has 0 spiro atoms. The zero-order valence-corrected chi connectivity index (χ0v) is 13.3. The van der Waals surface area contributed by atoms with E-state index in [2.05, 4.69) is 5.32 Å². The molecule has 0 bridgehead atoms. The second-order valence-electron chi connectivity index (χ2n) is 6.21. The number of hydrogen-bond donors (Lipinski definition) is 2. The Balaban J connectivity index is 1.91. The van der Waals surface area contributed by atoms with E-state index in [0.717, 1.165) is 0 Å². The highest BCUT2D eigenvalue weighted by atomic mass is 19.3. The largest absolute Gasteiger partial charge is 0.490 e. The molecule has 1 aliphatic carbocycles. The molecule has 2 N–H and O–H groups in total. The van der Waals surface area contributed by atoms with Crippen LogP contribution in [0, 0.1) is 11.7 Å². The normalized spacial score (nSPS) is 19.5. The van der Waals surface area contributed by atoms with Gasteiger partial charge in [-0.1, -0.05) is 6.07 Å². The summed E-state index contributed by atoms with van der Waals surface area (Å²) in [5.41, 5.74) is 0.590. The number of ether oxygens (including phenoxy) is 1. The zero-order valence-electron chi connectivity index (χ0n) is 13.3. The standard InChI is InChI=1S/C17H24F3NO2/c1-21-9-6-15(22)13-2-3-14(18)16(10-13)23-11-12-4-7-17(19,20)8-5-12/h2-3,10,12,15,21-22H,4-9,11H2,1H3/t15-/m1/s1. The van der Waals surface area contributed by atoms with Crippen LogP contribution in [0.25, 0.3) is 0 Å². The molecule has 0 saturated heterocycles. The van der Waals surface area contributed by atoms with Crippen LogP contribution in [-0.2, 0) is 0 Å². The highest BCUT2D eigenvalue weighted by Crippen LogP contribution is 2.36. The van der Waals surface area contributed by atoms with E-state index >= 15 is 0 Å². The van der Waals surface area contributed by atoms with Gasteiger partial charge in [-0.05, 0) is 56.5 Å². The van der Waals surface area contributed by atoms with Gasteiger partial charge >= 0.3 is 0 Å². The number of aliphatic hydroxyl groups is 1. The highest BCUT2D eigenvalue weighted by Gasteiger charge is 2.35. The molecule has 1 aliphatic rings. The Morgan fingerprint density at radius 3 is 2.70 bits per heavy atom. The molecule has 1 aromatic carbocycles. The van der Waals surface area contributed by atoms with Gasteiger partial charge in [0.05, 0.1) is 12.7 Å². The molecule has 2 rings (SSSR count). The van der Waals surface area contributed by atoms with Crippen LogP contribution < -0.4 is 10.1 Å². The number of rotatable bonds is 7. The molecule has 1 aromatic rings. The van der Waals surface area contributed by atoms with Crippen molar-refractivity contribution in [2.24, 2.45) is 5.92 Å². The maximum atomic E-state index is 13.8. The monoisotopic (exact) mass is 331 g/mol. The van der Waals surface area contributed by atoms with Gasteiger partial charge in [-0.2, -0.15) is 0 Å². The van der Waals surface area contributed by atoms with Crippen molar-refractivity contribution in [1.82, 2.24) is 5.32 Å². The van der Waals surface area contributed by atoms with Crippen LogP contribution >= 0.6 is 0 Å². The van der Waals surface area contributed by atoms with Gasteiger partial charge in [-0.3, -0.25) is 0 Å². The van der Waals surface area contributed by atoms with Crippen LogP contribution in [0.1, 0.15) is 43.8 Å². The number of aliphatic hydroxyl groups excluding tert-OH is 1. The van der Waals surface area contributed by atoms with E-state index in [1.165, 1.54) is 18.2 Å². The van der Waals surface area contributed by atoms with Crippen LogP contribution in [0.5, 0.6) is 5.75 Å². The van der Waals surface area contributed by atoms with E-state index < -0.39 is 17.8 Å². The average molecular weight is 331 g/mol. The summed E-state index contributed by atoms with van der Waals surface area (Å²) in [6.45, 7) is 0.869. The molecule has 23 heavy (non-hydrogen) atoms. The molecule has 0 amide bonds. The van der Waals surface area contributed by atoms with E-state index in [1.807, 2.05) is 0 Å². The summed E-state index contributed by atoms with van der Waals surface area (Å²) in [6, 6.07) is 4.29. The topological polar surface area (TPSA) is 41.5 Å². The Morgan fingerprint density at radius 1 is 1.35 bits per heavy atom. The van der Waals surface area contributed by atoms with E-state index in [9.17, 15) is 18.3 Å². The van der Waals surface area contributed by atoms with Crippen LogP contribution in [0.3, 0.4) is 0 Å². The summed E-state index contributed by atoms with van der Waals surface area (Å²) < 4.78 is 45.5. The summed E-state index contributed by atoms with van der Waals surface area (Å²) in [4.78, 5) is 0. The van der Waals surface area contributed by atoms with Gasteiger partial charge < -0.3 is 15.2 Å². The van der Waals surface area contributed by atoms with Gasteiger partial charge in [-0.25, -0.2) is 13.2 Å². The van der Waals surface area contributed by atoms with Crippen molar-refractivity contribution in [1.29, 1.82) is 0 Å². The first-order valence-electron chi connectivity index (χ1n) is 8.04. The molecule has 1 saturated carbocycles. The summed E-state index contributed by atoms with van der Waals surface area (Å²) in [6.07, 6.45) is 0.328. The lowest BCUT2D eigenvalue weighted by Gasteiger charge is -2.28. The van der Waals surface area contributed by atoms with Gasteiger partial charge in [0.25, 0.3) is 0 Å². The Bertz CT molecular complexity index is 501. The number of alkyl halides is 2. The first-order chi connectivity index (χ1) is 10.9. The highest BCUT2D eigenvalue weighted by molar-refractivity contribution is 5.31. The number of hydrogen-bond acceptors (Lipinski definition) is 3. The van der Waals surface area contributed by atoms with Gasteiger partial charge in [0.2, 0.25) is 5.92 Å². The van der Waals surface area contributed by atoms with Crippen LogP contribution in [0.2, 0.25) is 0 Å². The second kappa shape index (κ2) is 8.02. The lowest BCUT2D eigenvalue weighted by molar-refractivity contribution is -0.0499. The van der Waals surface area contributed by atoms with Crippen LogP contribution in [0.15, 0.2) is 18.2 Å². The fraction of sp³-hybridized carbons (Fsp3) is 0.647. The lowest BCUT2D eigenvalue weighted by Crippen LogP contribution is -2.27. The van der Waals surface area contributed by atoms with Crippen molar-refractivity contribution in [3.8, 4) is 5.75 Å². The van der Waals surface area contributed by atoms with Gasteiger partial charge in [0.15, 0.2) is 11.6 Å². The van der Waals surface area contributed by atoms with Gasteiger partial charge in [0, 0.05) is 12.8 Å². The summed E-state index contributed by atoms with van der Waals surface area (Å²) in [5.74, 6) is -2.98. The van der Waals surface area contributed by atoms with Crippen molar-refractivity contribution in [2.45, 2.75) is 44.1 Å². The molecule has 1 atom stereocenters. The van der Waals surface area contributed by atoms with Gasteiger partial charge in [0.1, 0.15) is 0 Å². The number of benzene rings is 1. The fourth-order valence-electron chi connectivity index (χ4n) is 2.76. The Labute approximate surface area is 134 Å². The Hall–Kier alpha value is -1.27. The van der Waals surface area contributed by atoms with Gasteiger partial charge in [-0.15, -0.1) is 0 Å². The predicted molar refractivity (Wildman–Crippen MR) is 82.3 cm³/mol. The third-order valence-electron chi connectivity index (χ3n) is 4.32. The minimum Gasteiger partial charge on any atom is -0.490 e. The molecule has 6 heteroatoms. The maximum absolute atomic E-state index is 13.8. The average Bonchev–Trinajstić information content (AvgIpc) is 2.53. The molecular formula is C17H24F3NO2. The molecule has 0 aliphatic heterocycles. The Kier molecular flexibility index (Phi) is 6.30. The summed E-state index contributed by atoms with van der Waals surface area (Å²) in [7, 11) is 1.79. The van der Waals surface area contributed by atoms with E-state index in [-0.39, 0.29) is 31.1 Å². The molecule has 0 radical (unpaired) electrons. The number of halogens is 3. The van der Waals surface area contributed by atoms with Crippen LogP contribution in [0.4, 0.5) is 13.2 Å². The van der Waals surface area contributed by atoms with E-state index in [1.54, 1.807) is 7.05 Å². The molecular weight excluding hydrogens is 307 g/mol. The molecule has 3 nitrogen and oxygen atoms in total. The fourth-order valence-corrected chi connectivity index (χ4v) is 2.76. The van der Waals surface area contributed by atoms with E-state index in [0.29, 0.717) is 31.4 Å². The smallest absolute Gasteiger partial charge is 0.248 e. The minimum absolute atomic E-state index is 0.0203. The lowest BCUT2D eigenvalue weighted by atomic mass is 9.87. The quantitative estimate of drug-likeness (QED) is 0.801. The molecule has 0 aromatic heterocycles. The molecule has 130 valence electrons. The maximum Gasteiger partial charge on any atom is 0.248 e. The zero-order chi connectivity index (χ0) is 16.9. The van der Waals surface area contributed by atoms with Crippen molar-refractivity contribution < 1.29 is 23.0 Å². The first kappa shape index (κ1) is 18.1. The molecule has 0 heterocycles. The SMILES string of the molecule is CNCC[C@@H](O)c1ccc(F)c(OCC2CCC(F)(F)CC2)c1. The second-order valence-corrected chi connectivity index (χ2v) is 6.21. The predicted octanol–water partition coefficient (Wildman–Crippen LogP) is 3.67. The van der Waals surface area contributed by atoms with Crippen molar-refractivity contribution in [2.75, 3.05) is 20.2 Å². The first-order valence-corrected chi connectivity index (χ1v) is 8.04. The Morgan fingerprint density at radius 2 is 2.04 bits per heavy atom. The van der Waals surface area contributed by atoms with Crippen molar-refractivity contribution in [3.63, 3.8) is 0 Å². The molecule has 0 unspecified atom stereocenters. The third kappa shape index (κ3) is 5.39. The van der Waals surface area contributed by atoms with Crippen molar-refractivity contribution in [3.05, 3.63) is 29.6 Å². The minimum atomic E-state index is -2.57. The van der Waals surface area contributed by atoms with Crippen LogP contribution in [-0.4, -0.2) is 31.2 Å². The third-order valence-corrected chi connectivity index (χ3v) is 4.32.